The van der Waals surface area contributed by atoms with Crippen LogP contribution in [0.3, 0.4) is 0 Å². The molecule has 2 bridgehead atoms. The van der Waals surface area contributed by atoms with E-state index >= 15 is 0 Å². The van der Waals surface area contributed by atoms with E-state index < -0.39 is 6.10 Å². The molecule has 2 N–H and O–H groups in total. The van der Waals surface area contributed by atoms with E-state index in [2.05, 4.69) is 25.2 Å². The molecule has 4 aliphatic rings. The SMILES string of the molecule is CC1(C)[C@H]2CC=C(COC[C@@H](O)CN3CCNC(=O)C3)[C@H]1C2. The van der Waals surface area contributed by atoms with E-state index in [1.807, 2.05) is 4.90 Å². The predicted octanol–water partition coefficient (Wildman–Crippen LogP) is 0.788. The molecule has 0 aromatic carbocycles. The van der Waals surface area contributed by atoms with Crippen LogP contribution in [0.25, 0.3) is 0 Å². The van der Waals surface area contributed by atoms with E-state index in [0.29, 0.717) is 44.2 Å². The number of carbonyl (C=O) groups excluding carboxylic acids is 1. The molecule has 2 fully saturated rings. The summed E-state index contributed by atoms with van der Waals surface area (Å²) in [5.74, 6) is 1.54. The molecule has 0 radical (unpaired) electrons. The van der Waals surface area contributed by atoms with Crippen LogP contribution < -0.4 is 5.32 Å². The molecule has 1 saturated carbocycles. The first-order valence-electron chi connectivity index (χ1n) is 8.40. The van der Waals surface area contributed by atoms with Gasteiger partial charge in [-0.05, 0) is 35.7 Å². The zero-order chi connectivity index (χ0) is 15.7. The highest BCUT2D eigenvalue weighted by Crippen LogP contribution is 2.59. The van der Waals surface area contributed by atoms with Crippen molar-refractivity contribution in [2.24, 2.45) is 17.3 Å². The van der Waals surface area contributed by atoms with Gasteiger partial charge >= 0.3 is 0 Å². The minimum atomic E-state index is -0.530. The molecule has 1 saturated heterocycles. The van der Waals surface area contributed by atoms with Gasteiger partial charge in [-0.25, -0.2) is 0 Å². The fraction of sp³-hybridized carbons (Fsp3) is 0.824. The second-order valence-electron chi connectivity index (χ2n) is 7.58. The van der Waals surface area contributed by atoms with Crippen LogP contribution in [0, 0.1) is 17.3 Å². The predicted molar refractivity (Wildman–Crippen MR) is 84.4 cm³/mol. The van der Waals surface area contributed by atoms with E-state index in [0.717, 1.165) is 12.5 Å². The van der Waals surface area contributed by atoms with E-state index in [9.17, 15) is 9.90 Å². The topological polar surface area (TPSA) is 61.8 Å². The Hall–Kier alpha value is -0.910. The molecule has 0 aromatic rings. The summed E-state index contributed by atoms with van der Waals surface area (Å²) in [4.78, 5) is 13.3. The van der Waals surface area contributed by atoms with Crippen molar-refractivity contribution in [1.82, 2.24) is 10.2 Å². The maximum Gasteiger partial charge on any atom is 0.234 e. The molecule has 1 heterocycles. The minimum absolute atomic E-state index is 0.0356. The lowest BCUT2D eigenvalue weighted by Gasteiger charge is -2.56. The van der Waals surface area contributed by atoms with Gasteiger partial charge in [-0.1, -0.05) is 19.9 Å². The molecule has 4 rings (SSSR count). The summed E-state index contributed by atoms with van der Waals surface area (Å²) in [7, 11) is 0. The third-order valence-corrected chi connectivity index (χ3v) is 5.75. The number of β-amino-alcohol motifs (C(OH)–C–C–N with tert-alkyl or cyclic N) is 1. The van der Waals surface area contributed by atoms with Gasteiger partial charge in [-0.15, -0.1) is 0 Å². The molecule has 0 aromatic heterocycles. The van der Waals surface area contributed by atoms with Crippen molar-refractivity contribution in [3.8, 4) is 0 Å². The summed E-state index contributed by atoms with van der Waals surface area (Å²) in [5.41, 5.74) is 1.84. The number of nitrogens with zero attached hydrogens (tertiary/aromatic N) is 1. The Kier molecular flexibility index (Phi) is 4.57. The number of hydrogen-bond donors (Lipinski definition) is 2. The third-order valence-electron chi connectivity index (χ3n) is 5.75. The highest BCUT2D eigenvalue weighted by Gasteiger charge is 2.50. The summed E-state index contributed by atoms with van der Waals surface area (Å²) in [5, 5.41) is 12.9. The Morgan fingerprint density at radius 3 is 3.05 bits per heavy atom. The first-order valence-corrected chi connectivity index (χ1v) is 8.40. The molecule has 1 aliphatic heterocycles. The van der Waals surface area contributed by atoms with E-state index in [1.54, 1.807) is 0 Å². The minimum Gasteiger partial charge on any atom is -0.389 e. The molecular formula is C17H28N2O3. The first-order chi connectivity index (χ1) is 10.5. The van der Waals surface area contributed by atoms with Crippen molar-refractivity contribution in [3.05, 3.63) is 11.6 Å². The third kappa shape index (κ3) is 3.21. The van der Waals surface area contributed by atoms with Crippen molar-refractivity contribution in [2.75, 3.05) is 39.4 Å². The molecule has 3 aliphatic carbocycles. The van der Waals surface area contributed by atoms with Gasteiger partial charge in [0.1, 0.15) is 0 Å². The van der Waals surface area contributed by atoms with E-state index in [4.69, 9.17) is 4.74 Å². The van der Waals surface area contributed by atoms with Gasteiger partial charge in [0.2, 0.25) is 5.91 Å². The van der Waals surface area contributed by atoms with Gasteiger partial charge < -0.3 is 15.2 Å². The molecule has 0 spiro atoms. The molecule has 124 valence electrons. The number of fused-ring (bicyclic) bond motifs is 1. The maximum absolute atomic E-state index is 11.3. The molecular weight excluding hydrogens is 280 g/mol. The van der Waals surface area contributed by atoms with Crippen LogP contribution in [0.4, 0.5) is 0 Å². The lowest BCUT2D eigenvalue weighted by Crippen LogP contribution is -2.50. The average molecular weight is 308 g/mol. The summed E-state index contributed by atoms with van der Waals surface area (Å²) in [6.45, 7) is 8.03. The Bertz CT molecular complexity index is 461. The number of rotatable bonds is 6. The van der Waals surface area contributed by atoms with Gasteiger partial charge in [0.15, 0.2) is 0 Å². The van der Waals surface area contributed by atoms with Crippen molar-refractivity contribution in [3.63, 3.8) is 0 Å². The van der Waals surface area contributed by atoms with Gasteiger partial charge in [-0.3, -0.25) is 9.69 Å². The number of piperazine rings is 1. The second-order valence-corrected chi connectivity index (χ2v) is 7.58. The second kappa shape index (κ2) is 6.30. The zero-order valence-corrected chi connectivity index (χ0v) is 13.7. The molecule has 5 nitrogen and oxygen atoms in total. The van der Waals surface area contributed by atoms with Crippen LogP contribution in [0.2, 0.25) is 0 Å². The van der Waals surface area contributed by atoms with Gasteiger partial charge in [-0.2, -0.15) is 0 Å². The van der Waals surface area contributed by atoms with E-state index in [-0.39, 0.29) is 5.91 Å². The number of hydrogen-bond acceptors (Lipinski definition) is 4. The zero-order valence-electron chi connectivity index (χ0n) is 13.7. The summed E-state index contributed by atoms with van der Waals surface area (Å²) in [6.07, 6.45) is 4.28. The number of carbonyl (C=O) groups is 1. The van der Waals surface area contributed by atoms with Crippen molar-refractivity contribution in [2.45, 2.75) is 32.8 Å². The fourth-order valence-corrected chi connectivity index (χ4v) is 4.15. The van der Waals surface area contributed by atoms with Crippen molar-refractivity contribution >= 4 is 5.91 Å². The van der Waals surface area contributed by atoms with E-state index in [1.165, 1.54) is 18.4 Å². The number of aliphatic hydroxyl groups is 1. The van der Waals surface area contributed by atoms with Crippen LogP contribution in [-0.2, 0) is 9.53 Å². The average Bonchev–Trinajstić information content (AvgIpc) is 2.47. The lowest BCUT2D eigenvalue weighted by atomic mass is 9.49. The maximum atomic E-state index is 11.3. The number of aliphatic hydroxyl groups excluding tert-OH is 1. The normalized spacial score (nSPS) is 32.0. The summed E-state index contributed by atoms with van der Waals surface area (Å²) < 4.78 is 5.75. The number of amides is 1. The van der Waals surface area contributed by atoms with Gasteiger partial charge in [0.25, 0.3) is 0 Å². The Morgan fingerprint density at radius 2 is 2.36 bits per heavy atom. The molecule has 1 amide bonds. The largest absolute Gasteiger partial charge is 0.389 e. The standard InChI is InChI=1S/C17H28N2O3/c1-17(2)13-4-3-12(15(17)7-13)10-22-11-14(20)8-19-6-5-18-16(21)9-19/h3,13-15,20H,4-11H2,1-2H3,(H,18,21)/t13-,14-,15+/m0/s1. The highest BCUT2D eigenvalue weighted by molar-refractivity contribution is 5.78. The monoisotopic (exact) mass is 308 g/mol. The quantitative estimate of drug-likeness (QED) is 0.712. The summed E-state index contributed by atoms with van der Waals surface area (Å²) in [6, 6.07) is 0. The van der Waals surface area contributed by atoms with Gasteiger partial charge in [0.05, 0.1) is 25.9 Å². The molecule has 0 unspecified atom stereocenters. The van der Waals surface area contributed by atoms with Gasteiger partial charge in [0, 0.05) is 19.6 Å². The van der Waals surface area contributed by atoms with Crippen LogP contribution in [0.5, 0.6) is 0 Å². The number of nitrogens with one attached hydrogen (secondary N) is 1. The van der Waals surface area contributed by atoms with Crippen LogP contribution in [0.15, 0.2) is 11.6 Å². The van der Waals surface area contributed by atoms with Crippen molar-refractivity contribution in [1.29, 1.82) is 0 Å². The van der Waals surface area contributed by atoms with Crippen LogP contribution >= 0.6 is 0 Å². The Morgan fingerprint density at radius 1 is 1.55 bits per heavy atom. The Balaban J connectivity index is 1.38. The molecule has 22 heavy (non-hydrogen) atoms. The fourth-order valence-electron chi connectivity index (χ4n) is 4.15. The first kappa shape index (κ1) is 16.0. The number of ether oxygens (including phenoxy) is 1. The lowest BCUT2D eigenvalue weighted by molar-refractivity contribution is -0.124. The smallest absolute Gasteiger partial charge is 0.234 e. The molecule has 5 heteroatoms. The number of allylic oxidation sites excluding steroid dienone is 1. The van der Waals surface area contributed by atoms with Crippen molar-refractivity contribution < 1.29 is 14.6 Å². The summed E-state index contributed by atoms with van der Waals surface area (Å²) >= 11 is 0. The Labute approximate surface area is 132 Å². The van der Waals surface area contributed by atoms with Crippen LogP contribution in [0.1, 0.15) is 26.7 Å². The molecule has 3 atom stereocenters. The highest BCUT2D eigenvalue weighted by atomic mass is 16.5. The van der Waals surface area contributed by atoms with Crippen LogP contribution in [-0.4, -0.2) is 61.4 Å².